The first kappa shape index (κ1) is 20.0. The van der Waals surface area contributed by atoms with E-state index in [9.17, 15) is 19.1 Å². The standard InChI is InChI=1S/C25H27FN2O3/c26-21-13-19(29)9-10-20(21)25(31)27-14-17-12-18(15-27)23(11-16-5-2-1-3-6-16)28-22(17)7-4-8-24(28)30/h1-3,5-6,9-10,13,17-18,22-23,29H,4,7-8,11-12,14-15H2/t17-,18+,22+,23+/m1/s1. The molecule has 0 aliphatic carbocycles. The normalized spacial score (nSPS) is 27.7. The molecule has 0 saturated carbocycles. The summed E-state index contributed by atoms with van der Waals surface area (Å²) in [6.45, 7) is 1.06. The molecule has 3 aliphatic rings. The highest BCUT2D eigenvalue weighted by molar-refractivity contribution is 5.94. The van der Waals surface area contributed by atoms with Crippen LogP contribution in [0, 0.1) is 17.7 Å². The molecular formula is C25H27FN2O3. The van der Waals surface area contributed by atoms with Gasteiger partial charge in [0.25, 0.3) is 5.91 Å². The van der Waals surface area contributed by atoms with Gasteiger partial charge in [0, 0.05) is 37.7 Å². The van der Waals surface area contributed by atoms with Crippen molar-refractivity contribution >= 4 is 11.8 Å². The van der Waals surface area contributed by atoms with Gasteiger partial charge in [0.05, 0.1) is 5.56 Å². The molecule has 162 valence electrons. The summed E-state index contributed by atoms with van der Waals surface area (Å²) in [5, 5.41) is 9.49. The maximum Gasteiger partial charge on any atom is 0.256 e. The molecule has 0 spiro atoms. The number of phenols is 1. The summed E-state index contributed by atoms with van der Waals surface area (Å²) in [6.07, 6.45) is 4.22. The molecule has 0 aromatic heterocycles. The molecule has 3 fully saturated rings. The molecule has 0 unspecified atom stereocenters. The zero-order chi connectivity index (χ0) is 21.5. The van der Waals surface area contributed by atoms with Crippen molar-refractivity contribution < 1.29 is 19.1 Å². The fourth-order valence-electron chi connectivity index (χ4n) is 5.91. The van der Waals surface area contributed by atoms with Crippen LogP contribution in [0.4, 0.5) is 4.39 Å². The van der Waals surface area contributed by atoms with Crippen LogP contribution >= 0.6 is 0 Å². The summed E-state index contributed by atoms with van der Waals surface area (Å²) >= 11 is 0. The van der Waals surface area contributed by atoms with Gasteiger partial charge in [-0.2, -0.15) is 0 Å². The molecule has 3 heterocycles. The van der Waals surface area contributed by atoms with E-state index in [0.717, 1.165) is 31.7 Å². The molecule has 31 heavy (non-hydrogen) atoms. The highest BCUT2D eigenvalue weighted by Crippen LogP contribution is 2.43. The van der Waals surface area contributed by atoms with Gasteiger partial charge in [-0.15, -0.1) is 0 Å². The topological polar surface area (TPSA) is 60.9 Å². The fraction of sp³-hybridized carbons (Fsp3) is 0.440. The van der Waals surface area contributed by atoms with Crippen molar-refractivity contribution in [3.05, 3.63) is 65.5 Å². The quantitative estimate of drug-likeness (QED) is 0.822. The van der Waals surface area contributed by atoms with Gasteiger partial charge in [-0.3, -0.25) is 9.59 Å². The lowest BCUT2D eigenvalue weighted by molar-refractivity contribution is -0.151. The molecular weight excluding hydrogens is 395 g/mol. The monoisotopic (exact) mass is 422 g/mol. The van der Waals surface area contributed by atoms with E-state index in [1.54, 1.807) is 4.90 Å². The second-order valence-electron chi connectivity index (χ2n) is 9.15. The first-order valence-electron chi connectivity index (χ1n) is 11.1. The van der Waals surface area contributed by atoms with Crippen LogP contribution in [0.5, 0.6) is 5.75 Å². The number of piperidine rings is 3. The minimum absolute atomic E-state index is 0.00559. The van der Waals surface area contributed by atoms with Crippen LogP contribution in [0.3, 0.4) is 0 Å². The molecule has 0 radical (unpaired) electrons. The summed E-state index contributed by atoms with van der Waals surface area (Å²) in [4.78, 5) is 30.0. The summed E-state index contributed by atoms with van der Waals surface area (Å²) < 4.78 is 14.4. The van der Waals surface area contributed by atoms with Crippen LogP contribution in [0.15, 0.2) is 48.5 Å². The Hall–Kier alpha value is -2.89. The third-order valence-corrected chi connectivity index (χ3v) is 7.25. The van der Waals surface area contributed by atoms with Crippen molar-refractivity contribution in [2.75, 3.05) is 13.1 Å². The number of aromatic hydroxyl groups is 1. The van der Waals surface area contributed by atoms with E-state index in [0.29, 0.717) is 19.5 Å². The second kappa shape index (κ2) is 7.98. The van der Waals surface area contributed by atoms with Crippen LogP contribution in [-0.2, 0) is 11.2 Å². The first-order valence-corrected chi connectivity index (χ1v) is 11.1. The largest absolute Gasteiger partial charge is 0.508 e. The number of hydrogen-bond acceptors (Lipinski definition) is 3. The Balaban J connectivity index is 1.45. The van der Waals surface area contributed by atoms with Gasteiger partial charge in [0.2, 0.25) is 5.91 Å². The number of carbonyl (C=O) groups excluding carboxylic acids is 2. The Kier molecular flexibility index (Phi) is 5.16. The lowest BCUT2D eigenvalue weighted by atomic mass is 9.70. The fourth-order valence-corrected chi connectivity index (χ4v) is 5.91. The van der Waals surface area contributed by atoms with Crippen molar-refractivity contribution in [2.24, 2.45) is 11.8 Å². The molecule has 2 aromatic carbocycles. The van der Waals surface area contributed by atoms with E-state index < -0.39 is 5.82 Å². The number of phenolic OH excluding ortho intramolecular Hbond substituents is 1. The van der Waals surface area contributed by atoms with Gasteiger partial charge < -0.3 is 14.9 Å². The Bertz CT molecular complexity index is 996. The molecule has 3 aliphatic heterocycles. The van der Waals surface area contributed by atoms with Gasteiger partial charge >= 0.3 is 0 Å². The molecule has 1 N–H and O–H groups in total. The minimum atomic E-state index is -0.698. The molecule has 3 saturated heterocycles. The SMILES string of the molecule is O=C(c1ccc(O)cc1F)N1C[C@H]2C[C@@H](C1)[C@H](Cc1ccccc1)N1C(=O)CCC[C@@H]21. The van der Waals surface area contributed by atoms with E-state index >= 15 is 0 Å². The minimum Gasteiger partial charge on any atom is -0.508 e. The van der Waals surface area contributed by atoms with Crippen LogP contribution in [0.1, 0.15) is 41.6 Å². The Morgan fingerprint density at radius 2 is 1.87 bits per heavy atom. The van der Waals surface area contributed by atoms with E-state index in [4.69, 9.17) is 0 Å². The van der Waals surface area contributed by atoms with Crippen molar-refractivity contribution in [3.8, 4) is 5.75 Å². The number of benzene rings is 2. The van der Waals surface area contributed by atoms with Crippen LogP contribution in [0.2, 0.25) is 0 Å². The lowest BCUT2D eigenvalue weighted by Crippen LogP contribution is -2.66. The van der Waals surface area contributed by atoms with Crippen molar-refractivity contribution in [2.45, 2.75) is 44.2 Å². The first-order chi connectivity index (χ1) is 15.0. The molecule has 6 heteroatoms. The zero-order valence-corrected chi connectivity index (χ0v) is 17.4. The van der Waals surface area contributed by atoms with E-state index in [-0.39, 0.29) is 47.0 Å². The maximum atomic E-state index is 14.4. The predicted octanol–water partition coefficient (Wildman–Crippen LogP) is 3.62. The van der Waals surface area contributed by atoms with Crippen LogP contribution < -0.4 is 0 Å². The molecule has 4 atom stereocenters. The van der Waals surface area contributed by atoms with E-state index in [1.165, 1.54) is 17.7 Å². The number of halogens is 1. The van der Waals surface area contributed by atoms with Gasteiger partial charge in [-0.05, 0) is 55.2 Å². The van der Waals surface area contributed by atoms with Gasteiger partial charge in [0.1, 0.15) is 11.6 Å². The number of amides is 2. The molecule has 5 rings (SSSR count). The number of rotatable bonds is 3. The third kappa shape index (κ3) is 3.68. The Morgan fingerprint density at radius 3 is 2.65 bits per heavy atom. The lowest BCUT2D eigenvalue weighted by Gasteiger charge is -2.56. The summed E-state index contributed by atoms with van der Waals surface area (Å²) in [7, 11) is 0. The average Bonchev–Trinajstić information content (AvgIpc) is 2.77. The highest BCUT2D eigenvalue weighted by Gasteiger charge is 2.50. The summed E-state index contributed by atoms with van der Waals surface area (Å²) in [5.74, 6) is -0.599. The molecule has 2 aromatic rings. The van der Waals surface area contributed by atoms with Crippen molar-refractivity contribution in [1.29, 1.82) is 0 Å². The highest BCUT2D eigenvalue weighted by atomic mass is 19.1. The van der Waals surface area contributed by atoms with Gasteiger partial charge in [-0.25, -0.2) is 4.39 Å². The predicted molar refractivity (Wildman–Crippen MR) is 114 cm³/mol. The maximum absolute atomic E-state index is 14.4. The number of hydrogen-bond donors (Lipinski definition) is 1. The molecule has 2 bridgehead atoms. The van der Waals surface area contributed by atoms with E-state index in [1.807, 2.05) is 18.2 Å². The molecule has 2 amide bonds. The number of likely N-dealkylation sites (tertiary alicyclic amines) is 1. The summed E-state index contributed by atoms with van der Waals surface area (Å²) in [5.41, 5.74) is 1.19. The van der Waals surface area contributed by atoms with Crippen molar-refractivity contribution in [1.82, 2.24) is 9.80 Å². The number of fused-ring (bicyclic) bond motifs is 4. The Labute approximate surface area is 181 Å². The van der Waals surface area contributed by atoms with Crippen LogP contribution in [0.25, 0.3) is 0 Å². The van der Waals surface area contributed by atoms with Crippen molar-refractivity contribution in [3.63, 3.8) is 0 Å². The van der Waals surface area contributed by atoms with Gasteiger partial charge in [0.15, 0.2) is 0 Å². The smallest absolute Gasteiger partial charge is 0.256 e. The number of nitrogens with zero attached hydrogens (tertiary/aromatic N) is 2. The zero-order valence-electron chi connectivity index (χ0n) is 17.4. The third-order valence-electron chi connectivity index (χ3n) is 7.25. The second-order valence-corrected chi connectivity index (χ2v) is 9.15. The summed E-state index contributed by atoms with van der Waals surface area (Å²) in [6, 6.07) is 14.1. The van der Waals surface area contributed by atoms with E-state index in [2.05, 4.69) is 17.0 Å². The average molecular weight is 423 g/mol. The number of carbonyl (C=O) groups is 2. The van der Waals surface area contributed by atoms with Gasteiger partial charge in [-0.1, -0.05) is 30.3 Å². The Morgan fingerprint density at radius 1 is 1.10 bits per heavy atom. The molecule has 5 nitrogen and oxygen atoms in total. The van der Waals surface area contributed by atoms with Crippen LogP contribution in [-0.4, -0.2) is 51.9 Å².